The fraction of sp³-hybridized carbons (Fsp3) is 0.360. The van der Waals surface area contributed by atoms with E-state index in [-0.39, 0.29) is 35.5 Å². The monoisotopic (exact) mass is 438 g/mol. The quantitative estimate of drug-likeness (QED) is 0.678. The standard InChI is InChI=1S/C25H27FN2O2S/c26-20-11-5-4-10-19(20)17-28-21-12-6-7-13-22(21)31-23(25(28)30)16-24(29)27-15-14-18-8-2-1-3-9-18/h1-5,8-11,16,21-22H,6-7,12-15,17H2,(H,27,29)/b23-16-. The van der Waals surface area contributed by atoms with Gasteiger partial charge in [0.2, 0.25) is 5.91 Å². The predicted molar refractivity (Wildman–Crippen MR) is 122 cm³/mol. The first-order valence-corrected chi connectivity index (χ1v) is 11.7. The molecule has 0 bridgehead atoms. The van der Waals surface area contributed by atoms with E-state index in [2.05, 4.69) is 5.32 Å². The van der Waals surface area contributed by atoms with E-state index in [4.69, 9.17) is 0 Å². The van der Waals surface area contributed by atoms with Crippen LogP contribution in [0.5, 0.6) is 0 Å². The van der Waals surface area contributed by atoms with Gasteiger partial charge in [-0.1, -0.05) is 61.4 Å². The Morgan fingerprint density at radius 3 is 2.65 bits per heavy atom. The van der Waals surface area contributed by atoms with Gasteiger partial charge in [-0.15, -0.1) is 11.8 Å². The number of thioether (sulfide) groups is 1. The third-order valence-electron chi connectivity index (χ3n) is 5.93. The Labute approximate surface area is 186 Å². The first-order valence-electron chi connectivity index (χ1n) is 10.9. The molecule has 4 nitrogen and oxygen atoms in total. The lowest BCUT2D eigenvalue weighted by Gasteiger charge is -2.44. The van der Waals surface area contributed by atoms with Crippen molar-refractivity contribution in [3.63, 3.8) is 0 Å². The Bertz CT molecular complexity index is 963. The SMILES string of the molecule is O=C(/C=C1\SC2CCCCC2N(Cc2ccccc2F)C1=O)NCCc1ccccc1. The summed E-state index contributed by atoms with van der Waals surface area (Å²) in [4.78, 5) is 28.0. The fourth-order valence-electron chi connectivity index (χ4n) is 4.32. The molecule has 1 saturated heterocycles. The summed E-state index contributed by atoms with van der Waals surface area (Å²) in [5, 5.41) is 3.14. The Balaban J connectivity index is 1.46. The van der Waals surface area contributed by atoms with Crippen LogP contribution in [0.1, 0.15) is 36.8 Å². The van der Waals surface area contributed by atoms with Gasteiger partial charge in [0.05, 0.1) is 4.91 Å². The number of halogens is 1. The molecule has 2 unspecified atom stereocenters. The van der Waals surface area contributed by atoms with Crippen LogP contribution in [0.4, 0.5) is 4.39 Å². The van der Waals surface area contributed by atoms with Crippen LogP contribution in [-0.2, 0) is 22.6 Å². The van der Waals surface area contributed by atoms with Gasteiger partial charge in [-0.3, -0.25) is 9.59 Å². The van der Waals surface area contributed by atoms with Crippen LogP contribution in [0.3, 0.4) is 0 Å². The lowest BCUT2D eigenvalue weighted by molar-refractivity contribution is -0.130. The summed E-state index contributed by atoms with van der Waals surface area (Å²) in [6.07, 6.45) is 6.28. The number of amides is 2. The summed E-state index contributed by atoms with van der Waals surface area (Å²) in [6, 6.07) is 16.6. The van der Waals surface area contributed by atoms with Gasteiger partial charge in [-0.25, -0.2) is 4.39 Å². The van der Waals surface area contributed by atoms with Gasteiger partial charge in [0.15, 0.2) is 0 Å². The van der Waals surface area contributed by atoms with Crippen molar-refractivity contribution in [2.24, 2.45) is 0 Å². The van der Waals surface area contributed by atoms with Crippen LogP contribution in [0.15, 0.2) is 65.6 Å². The first kappa shape index (κ1) is 21.6. The second kappa shape index (κ2) is 10.1. The van der Waals surface area contributed by atoms with Crippen LogP contribution >= 0.6 is 11.8 Å². The number of benzene rings is 2. The van der Waals surface area contributed by atoms with E-state index in [1.165, 1.54) is 23.9 Å². The smallest absolute Gasteiger partial charge is 0.261 e. The molecule has 6 heteroatoms. The van der Waals surface area contributed by atoms with Crippen molar-refractivity contribution >= 4 is 23.6 Å². The summed E-state index contributed by atoms with van der Waals surface area (Å²) < 4.78 is 14.3. The molecule has 2 atom stereocenters. The molecule has 2 aromatic rings. The Morgan fingerprint density at radius 1 is 1.10 bits per heavy atom. The van der Waals surface area contributed by atoms with Crippen molar-refractivity contribution < 1.29 is 14.0 Å². The maximum Gasteiger partial charge on any atom is 0.261 e. The minimum Gasteiger partial charge on any atom is -0.352 e. The second-order valence-electron chi connectivity index (χ2n) is 8.07. The van der Waals surface area contributed by atoms with E-state index in [1.807, 2.05) is 30.3 Å². The molecule has 2 aliphatic rings. The number of fused-ring (bicyclic) bond motifs is 1. The van der Waals surface area contributed by atoms with Gasteiger partial charge in [0.1, 0.15) is 5.82 Å². The number of carbonyl (C=O) groups is 2. The minimum absolute atomic E-state index is 0.0872. The molecule has 1 aliphatic heterocycles. The zero-order chi connectivity index (χ0) is 21.6. The average Bonchev–Trinajstić information content (AvgIpc) is 2.78. The largest absolute Gasteiger partial charge is 0.352 e. The predicted octanol–water partition coefficient (Wildman–Crippen LogP) is 4.46. The minimum atomic E-state index is -0.301. The zero-order valence-corrected chi connectivity index (χ0v) is 18.2. The zero-order valence-electron chi connectivity index (χ0n) is 17.4. The topological polar surface area (TPSA) is 49.4 Å². The molecule has 0 radical (unpaired) electrons. The van der Waals surface area contributed by atoms with Crippen LogP contribution in [0, 0.1) is 5.82 Å². The van der Waals surface area contributed by atoms with E-state index in [9.17, 15) is 14.0 Å². The maximum atomic E-state index is 14.3. The fourth-order valence-corrected chi connectivity index (χ4v) is 5.76. The van der Waals surface area contributed by atoms with Crippen LogP contribution in [-0.4, -0.2) is 34.6 Å². The van der Waals surface area contributed by atoms with Crippen molar-refractivity contribution in [3.8, 4) is 0 Å². The molecule has 2 aromatic carbocycles. The highest BCUT2D eigenvalue weighted by Gasteiger charge is 2.40. The van der Waals surface area contributed by atoms with Gasteiger partial charge in [-0.2, -0.15) is 0 Å². The molecule has 1 heterocycles. The van der Waals surface area contributed by atoms with Gasteiger partial charge < -0.3 is 10.2 Å². The van der Waals surface area contributed by atoms with Gasteiger partial charge >= 0.3 is 0 Å². The number of carbonyl (C=O) groups excluding carboxylic acids is 2. The number of hydrogen-bond donors (Lipinski definition) is 1. The number of hydrogen-bond acceptors (Lipinski definition) is 3. The molecular formula is C25H27FN2O2S. The first-order chi connectivity index (χ1) is 15.1. The Morgan fingerprint density at radius 2 is 1.84 bits per heavy atom. The third kappa shape index (κ3) is 5.37. The lowest BCUT2D eigenvalue weighted by Crippen LogP contribution is -2.51. The van der Waals surface area contributed by atoms with Gasteiger partial charge in [-0.05, 0) is 30.9 Å². The van der Waals surface area contributed by atoms with Crippen LogP contribution in [0.2, 0.25) is 0 Å². The third-order valence-corrected chi connectivity index (χ3v) is 7.33. The van der Waals surface area contributed by atoms with Crippen LogP contribution < -0.4 is 5.32 Å². The molecule has 0 aromatic heterocycles. The Hall–Kier alpha value is -2.60. The molecule has 2 fully saturated rings. The van der Waals surface area contributed by atoms with Gasteiger partial charge in [0, 0.05) is 36.0 Å². The molecule has 1 aliphatic carbocycles. The number of nitrogens with zero attached hydrogens (tertiary/aromatic N) is 1. The number of nitrogens with one attached hydrogen (secondary N) is 1. The van der Waals surface area contributed by atoms with Crippen LogP contribution in [0.25, 0.3) is 0 Å². The summed E-state index contributed by atoms with van der Waals surface area (Å²) in [7, 11) is 0. The lowest BCUT2D eigenvalue weighted by atomic mass is 9.92. The molecule has 162 valence electrons. The Kier molecular flexibility index (Phi) is 7.07. The van der Waals surface area contributed by atoms with E-state index in [0.29, 0.717) is 17.0 Å². The molecule has 4 rings (SSSR count). The molecule has 1 N–H and O–H groups in total. The molecule has 1 saturated carbocycles. The van der Waals surface area contributed by atoms with Crippen molar-refractivity contribution in [2.75, 3.05) is 6.54 Å². The highest BCUT2D eigenvalue weighted by molar-refractivity contribution is 8.04. The maximum absolute atomic E-state index is 14.3. The van der Waals surface area contributed by atoms with E-state index >= 15 is 0 Å². The molecule has 31 heavy (non-hydrogen) atoms. The van der Waals surface area contributed by atoms with Crippen molar-refractivity contribution in [1.29, 1.82) is 0 Å². The number of rotatable bonds is 6. The average molecular weight is 439 g/mol. The highest BCUT2D eigenvalue weighted by atomic mass is 32.2. The summed E-state index contributed by atoms with van der Waals surface area (Å²) in [5.41, 5.74) is 1.67. The van der Waals surface area contributed by atoms with Crippen molar-refractivity contribution in [1.82, 2.24) is 10.2 Å². The van der Waals surface area contributed by atoms with E-state index in [0.717, 1.165) is 37.7 Å². The van der Waals surface area contributed by atoms with Gasteiger partial charge in [0.25, 0.3) is 5.91 Å². The van der Waals surface area contributed by atoms with E-state index < -0.39 is 0 Å². The highest BCUT2D eigenvalue weighted by Crippen LogP contribution is 2.42. The summed E-state index contributed by atoms with van der Waals surface area (Å²) in [6.45, 7) is 0.747. The molecular weight excluding hydrogens is 411 g/mol. The van der Waals surface area contributed by atoms with Crippen molar-refractivity contribution in [2.45, 2.75) is 49.9 Å². The normalized spacial score (nSPS) is 22.3. The van der Waals surface area contributed by atoms with Crippen molar-refractivity contribution in [3.05, 3.63) is 82.5 Å². The molecule has 0 spiro atoms. The molecule has 2 amide bonds. The van der Waals surface area contributed by atoms with E-state index in [1.54, 1.807) is 23.1 Å². The summed E-state index contributed by atoms with van der Waals surface area (Å²) >= 11 is 1.52. The second-order valence-corrected chi connectivity index (χ2v) is 9.35. The summed E-state index contributed by atoms with van der Waals surface area (Å²) in [5.74, 6) is -0.730.